The Morgan fingerprint density at radius 1 is 0.815 bits per heavy atom. The molecule has 4 nitrogen and oxygen atoms in total. The second kappa shape index (κ2) is 7.27. The summed E-state index contributed by atoms with van der Waals surface area (Å²) in [7, 11) is 0. The number of aromatic nitrogens is 3. The zero-order valence-electron chi connectivity index (χ0n) is 14.3. The van der Waals surface area contributed by atoms with Gasteiger partial charge in [0.2, 0.25) is 5.95 Å². The van der Waals surface area contributed by atoms with Crippen LogP contribution in [0.2, 0.25) is 10.0 Å². The Kier molecular flexibility index (Phi) is 4.83. The molecule has 0 saturated carbocycles. The highest BCUT2D eigenvalue weighted by atomic mass is 35.5. The fraction of sp³-hybridized carbons (Fsp3) is 0.0500. The Balaban J connectivity index is 1.73. The summed E-state index contributed by atoms with van der Waals surface area (Å²) in [6, 6.07) is 13.8. The molecule has 3 aromatic heterocycles. The van der Waals surface area contributed by atoms with Crippen molar-refractivity contribution < 1.29 is 0 Å². The van der Waals surface area contributed by atoms with Gasteiger partial charge in [0.1, 0.15) is 0 Å². The van der Waals surface area contributed by atoms with Crippen molar-refractivity contribution in [2.45, 2.75) is 6.92 Å². The van der Waals surface area contributed by atoms with Gasteiger partial charge in [-0.2, -0.15) is 0 Å². The van der Waals surface area contributed by atoms with E-state index in [1.165, 1.54) is 0 Å². The number of nitrogens with zero attached hydrogens (tertiary/aromatic N) is 3. The van der Waals surface area contributed by atoms with Crippen LogP contribution in [0.1, 0.15) is 5.69 Å². The molecule has 0 amide bonds. The molecule has 4 aromatic rings. The van der Waals surface area contributed by atoms with Crippen molar-refractivity contribution in [2.24, 2.45) is 0 Å². The quantitative estimate of drug-likeness (QED) is 0.439. The third-order valence-electron chi connectivity index (χ3n) is 4.02. The topological polar surface area (TPSA) is 64.7 Å². The van der Waals surface area contributed by atoms with Crippen molar-refractivity contribution in [3.05, 3.63) is 70.6 Å². The Morgan fingerprint density at radius 3 is 2.30 bits per heavy atom. The molecule has 0 aliphatic rings. The Hall–Kier alpha value is -2.47. The zero-order chi connectivity index (χ0) is 19.0. The van der Waals surface area contributed by atoms with Gasteiger partial charge in [0.05, 0.1) is 20.6 Å². The molecule has 3 heterocycles. The lowest BCUT2D eigenvalue weighted by Gasteiger charge is -2.07. The molecule has 1 aromatic carbocycles. The summed E-state index contributed by atoms with van der Waals surface area (Å²) in [5.74, 6) is 0.266. The molecule has 0 spiro atoms. The maximum Gasteiger partial charge on any atom is 0.219 e. The van der Waals surface area contributed by atoms with Crippen LogP contribution in [0, 0.1) is 6.92 Å². The standard InChI is InChI=1S/C20H14Cl2N4S/c1-11-6-13(12-2-3-15(21)16(22)7-12)8-17(26-11)19-5-4-18(27-19)14-9-24-20(23)25-10-14/h2-10H,1H3,(H2,23,24,25). The summed E-state index contributed by atoms with van der Waals surface area (Å²) in [6.07, 6.45) is 3.45. The SMILES string of the molecule is Cc1cc(-c2ccc(Cl)c(Cl)c2)cc(-c2ccc(-c3cnc(N)nc3)s2)n1. The van der Waals surface area contributed by atoms with E-state index in [0.29, 0.717) is 10.0 Å². The molecule has 0 aliphatic carbocycles. The minimum absolute atomic E-state index is 0.266. The second-order valence-electron chi connectivity index (χ2n) is 6.01. The molecule has 0 bridgehead atoms. The van der Waals surface area contributed by atoms with Crippen molar-refractivity contribution in [1.82, 2.24) is 15.0 Å². The Morgan fingerprint density at radius 2 is 1.56 bits per heavy atom. The fourth-order valence-corrected chi connectivity index (χ4v) is 3.97. The van der Waals surface area contributed by atoms with Gasteiger partial charge in [-0.15, -0.1) is 11.3 Å². The van der Waals surface area contributed by atoms with Gasteiger partial charge in [-0.3, -0.25) is 4.98 Å². The van der Waals surface area contributed by atoms with Crippen LogP contribution in [0.15, 0.2) is 54.9 Å². The van der Waals surface area contributed by atoms with Crippen molar-refractivity contribution in [2.75, 3.05) is 5.73 Å². The van der Waals surface area contributed by atoms with Crippen LogP contribution in [-0.4, -0.2) is 15.0 Å². The maximum atomic E-state index is 6.18. The van der Waals surface area contributed by atoms with Crippen molar-refractivity contribution >= 4 is 40.5 Å². The predicted octanol–water partition coefficient (Wildman–Crippen LogP) is 6.13. The highest BCUT2D eigenvalue weighted by Gasteiger charge is 2.10. The number of nitrogens with two attached hydrogens (primary N) is 1. The number of halogens is 2. The molecular formula is C20H14Cl2N4S. The normalized spacial score (nSPS) is 10.9. The molecule has 0 radical (unpaired) electrons. The summed E-state index contributed by atoms with van der Waals surface area (Å²) in [5, 5.41) is 1.08. The van der Waals surface area contributed by atoms with Gasteiger partial charge >= 0.3 is 0 Å². The van der Waals surface area contributed by atoms with Crippen LogP contribution in [-0.2, 0) is 0 Å². The van der Waals surface area contributed by atoms with Crippen LogP contribution >= 0.6 is 34.5 Å². The van der Waals surface area contributed by atoms with E-state index in [1.54, 1.807) is 29.8 Å². The monoisotopic (exact) mass is 412 g/mol. The smallest absolute Gasteiger partial charge is 0.219 e. The highest BCUT2D eigenvalue weighted by molar-refractivity contribution is 7.18. The second-order valence-corrected chi connectivity index (χ2v) is 7.90. The molecule has 4 rings (SSSR count). The molecule has 0 aliphatic heterocycles. The molecule has 2 N–H and O–H groups in total. The van der Waals surface area contributed by atoms with Gasteiger partial charge in [-0.25, -0.2) is 9.97 Å². The Labute approximate surface area is 170 Å². The summed E-state index contributed by atoms with van der Waals surface area (Å²) in [6.45, 7) is 1.98. The number of benzene rings is 1. The Bertz CT molecular complexity index is 1120. The minimum Gasteiger partial charge on any atom is -0.368 e. The van der Waals surface area contributed by atoms with E-state index in [9.17, 15) is 0 Å². The number of hydrogen-bond donors (Lipinski definition) is 1. The lowest BCUT2D eigenvalue weighted by Crippen LogP contribution is -1.92. The predicted molar refractivity (Wildman–Crippen MR) is 113 cm³/mol. The van der Waals surface area contributed by atoms with Gasteiger partial charge in [0, 0.05) is 28.5 Å². The van der Waals surface area contributed by atoms with Crippen molar-refractivity contribution in [1.29, 1.82) is 0 Å². The largest absolute Gasteiger partial charge is 0.368 e. The van der Waals surface area contributed by atoms with E-state index in [2.05, 4.69) is 22.1 Å². The average molecular weight is 413 g/mol. The van der Waals surface area contributed by atoms with E-state index in [-0.39, 0.29) is 5.95 Å². The highest BCUT2D eigenvalue weighted by Crippen LogP contribution is 2.36. The lowest BCUT2D eigenvalue weighted by molar-refractivity contribution is 1.19. The third kappa shape index (κ3) is 3.81. The number of pyridine rings is 1. The number of nitrogen functional groups attached to an aromatic ring is 1. The van der Waals surface area contributed by atoms with E-state index >= 15 is 0 Å². The lowest BCUT2D eigenvalue weighted by atomic mass is 10.0. The molecule has 27 heavy (non-hydrogen) atoms. The van der Waals surface area contributed by atoms with Gasteiger partial charge in [-0.05, 0) is 54.4 Å². The van der Waals surface area contributed by atoms with E-state index < -0.39 is 0 Å². The first kappa shape index (κ1) is 17.9. The minimum atomic E-state index is 0.266. The molecule has 0 atom stereocenters. The summed E-state index contributed by atoms with van der Waals surface area (Å²) < 4.78 is 0. The van der Waals surface area contributed by atoms with Gasteiger partial charge in [0.15, 0.2) is 0 Å². The molecule has 134 valence electrons. The molecule has 0 saturated heterocycles. The molecule has 0 unspecified atom stereocenters. The molecule has 0 fully saturated rings. The van der Waals surface area contributed by atoms with Gasteiger partial charge < -0.3 is 5.73 Å². The van der Waals surface area contributed by atoms with Crippen LogP contribution in [0.5, 0.6) is 0 Å². The number of hydrogen-bond acceptors (Lipinski definition) is 5. The summed E-state index contributed by atoms with van der Waals surface area (Å²) >= 11 is 13.8. The molecule has 7 heteroatoms. The van der Waals surface area contributed by atoms with Crippen LogP contribution in [0.4, 0.5) is 5.95 Å². The number of rotatable bonds is 3. The average Bonchev–Trinajstić information content (AvgIpc) is 3.14. The van der Waals surface area contributed by atoms with E-state index in [0.717, 1.165) is 37.8 Å². The first-order valence-electron chi connectivity index (χ1n) is 8.12. The number of thiophene rings is 1. The first-order chi connectivity index (χ1) is 13.0. The van der Waals surface area contributed by atoms with Gasteiger partial charge in [0.25, 0.3) is 0 Å². The van der Waals surface area contributed by atoms with E-state index in [1.807, 2.05) is 31.2 Å². The third-order valence-corrected chi connectivity index (χ3v) is 5.92. The molecular weight excluding hydrogens is 399 g/mol. The van der Waals surface area contributed by atoms with Crippen LogP contribution in [0.25, 0.3) is 32.1 Å². The first-order valence-corrected chi connectivity index (χ1v) is 9.69. The summed E-state index contributed by atoms with van der Waals surface area (Å²) in [4.78, 5) is 14.9. The number of aryl methyl sites for hydroxylation is 1. The van der Waals surface area contributed by atoms with Crippen LogP contribution in [0.3, 0.4) is 0 Å². The van der Waals surface area contributed by atoms with Crippen LogP contribution < -0.4 is 5.73 Å². The van der Waals surface area contributed by atoms with Gasteiger partial charge in [-0.1, -0.05) is 29.3 Å². The summed E-state index contributed by atoms with van der Waals surface area (Å²) in [5.41, 5.74) is 10.4. The number of anilines is 1. The van der Waals surface area contributed by atoms with E-state index in [4.69, 9.17) is 33.9 Å². The maximum absolute atomic E-state index is 6.18. The fourth-order valence-electron chi connectivity index (χ4n) is 2.73. The zero-order valence-corrected chi connectivity index (χ0v) is 16.6. The van der Waals surface area contributed by atoms with Crippen molar-refractivity contribution in [3.63, 3.8) is 0 Å². The van der Waals surface area contributed by atoms with Crippen molar-refractivity contribution in [3.8, 4) is 32.1 Å².